The number of pyridine rings is 1. The van der Waals surface area contributed by atoms with Gasteiger partial charge in [0.1, 0.15) is 5.60 Å². The molecule has 1 aromatic carbocycles. The van der Waals surface area contributed by atoms with E-state index in [0.717, 1.165) is 25.7 Å². The number of nitrogens with one attached hydrogen (secondary N) is 2. The molecule has 4 aliphatic rings. The van der Waals surface area contributed by atoms with E-state index < -0.39 is 23.7 Å². The number of benzene rings is 1. The minimum Gasteiger partial charge on any atom is -0.444 e. The molecule has 7 unspecified atom stereocenters. The Kier molecular flexibility index (Phi) is 8.20. The van der Waals surface area contributed by atoms with E-state index in [0.29, 0.717) is 23.3 Å². The molecule has 0 spiro atoms. The van der Waals surface area contributed by atoms with E-state index in [4.69, 9.17) is 9.57 Å². The van der Waals surface area contributed by atoms with E-state index in [2.05, 4.69) is 53.9 Å². The van der Waals surface area contributed by atoms with Crippen LogP contribution < -0.4 is 10.8 Å². The van der Waals surface area contributed by atoms with Gasteiger partial charge in [0.15, 0.2) is 6.04 Å². The zero-order chi connectivity index (χ0) is 31.1. The average Bonchev–Trinajstić information content (AvgIpc) is 3.36. The minimum atomic E-state index is -0.983. The van der Waals surface area contributed by atoms with Gasteiger partial charge >= 0.3 is 12.1 Å². The van der Waals surface area contributed by atoms with E-state index >= 15 is 0 Å². The second kappa shape index (κ2) is 11.8. The first-order chi connectivity index (χ1) is 21.0. The Bertz CT molecular complexity index is 1430. The summed E-state index contributed by atoms with van der Waals surface area (Å²) in [6, 6.07) is 12.4. The zero-order valence-electron chi connectivity index (χ0n) is 26.8. The van der Waals surface area contributed by atoms with E-state index in [-0.39, 0.29) is 16.9 Å². The van der Waals surface area contributed by atoms with Crippen LogP contribution in [0.4, 0.5) is 4.79 Å². The lowest BCUT2D eigenvalue weighted by Gasteiger charge is -2.58. The number of rotatable bonds is 6. The van der Waals surface area contributed by atoms with Crippen molar-refractivity contribution < 1.29 is 19.2 Å². The van der Waals surface area contributed by atoms with Gasteiger partial charge in [0.2, 0.25) is 0 Å². The number of hydrogen-bond donors (Lipinski definition) is 2. The Morgan fingerprint density at radius 2 is 1.75 bits per heavy atom. The molecule has 7 heteroatoms. The van der Waals surface area contributed by atoms with Crippen LogP contribution in [0.5, 0.6) is 0 Å². The van der Waals surface area contributed by atoms with Crippen molar-refractivity contribution in [3.8, 4) is 0 Å². The van der Waals surface area contributed by atoms with Crippen molar-refractivity contribution in [3.05, 3.63) is 83.7 Å². The standard InChI is InChI=1S/C37H47N3O4/c1-35(2,3)43-34(42)39-32(24-10-7-6-8-11-24)33(41)44-40-27-17-19-36(4)26(22-27)13-14-28-30-16-15-29(25-12-9-21-38-23-25)37(30,5)20-18-31(28)36/h6-12,15,21-23,27-28,30-32,40H,13-14,16-20H2,1-5H3,(H,39,42). The quantitative estimate of drug-likeness (QED) is 0.262. The molecular formula is C37H47N3O4. The maximum Gasteiger partial charge on any atom is 0.408 e. The highest BCUT2D eigenvalue weighted by molar-refractivity contribution is 5.82. The van der Waals surface area contributed by atoms with Crippen LogP contribution in [0.1, 0.15) is 96.7 Å². The number of alkyl carbamates (subject to hydrolysis) is 1. The van der Waals surface area contributed by atoms with Crippen molar-refractivity contribution in [2.75, 3.05) is 0 Å². The van der Waals surface area contributed by atoms with E-state index in [1.807, 2.05) is 30.6 Å². The fourth-order valence-electron chi connectivity index (χ4n) is 8.90. The van der Waals surface area contributed by atoms with Crippen LogP contribution in [0.25, 0.3) is 5.57 Å². The van der Waals surface area contributed by atoms with Gasteiger partial charge in [-0.15, -0.1) is 5.48 Å². The van der Waals surface area contributed by atoms with Crippen LogP contribution in [0.3, 0.4) is 0 Å². The Labute approximate surface area is 261 Å². The smallest absolute Gasteiger partial charge is 0.408 e. The van der Waals surface area contributed by atoms with Gasteiger partial charge in [0, 0.05) is 12.4 Å². The predicted molar refractivity (Wildman–Crippen MR) is 171 cm³/mol. The second-order valence-electron chi connectivity index (χ2n) is 14.8. The fourth-order valence-corrected chi connectivity index (χ4v) is 8.90. The minimum absolute atomic E-state index is 0.0595. The summed E-state index contributed by atoms with van der Waals surface area (Å²) in [5.41, 5.74) is 7.70. The lowest BCUT2D eigenvalue weighted by Crippen LogP contribution is -2.51. The number of carbonyl (C=O) groups is 2. The van der Waals surface area contributed by atoms with Gasteiger partial charge in [-0.3, -0.25) is 4.98 Å². The van der Waals surface area contributed by atoms with Crippen molar-refractivity contribution in [3.63, 3.8) is 0 Å². The molecule has 234 valence electrons. The monoisotopic (exact) mass is 597 g/mol. The van der Waals surface area contributed by atoms with Gasteiger partial charge in [0.25, 0.3) is 0 Å². The zero-order valence-corrected chi connectivity index (χ0v) is 26.8. The van der Waals surface area contributed by atoms with Crippen LogP contribution in [-0.4, -0.2) is 28.7 Å². The maximum atomic E-state index is 13.3. The summed E-state index contributed by atoms with van der Waals surface area (Å²) in [7, 11) is 0. The third-order valence-electron chi connectivity index (χ3n) is 11.0. The van der Waals surface area contributed by atoms with E-state index in [1.54, 1.807) is 32.9 Å². The summed E-state index contributed by atoms with van der Waals surface area (Å²) < 4.78 is 5.41. The summed E-state index contributed by atoms with van der Waals surface area (Å²) in [6.07, 6.45) is 16.0. The number of hydrogen-bond acceptors (Lipinski definition) is 6. The number of allylic oxidation sites excluding steroid dienone is 3. The number of amides is 1. The molecule has 2 fully saturated rings. The van der Waals surface area contributed by atoms with Gasteiger partial charge in [-0.25, -0.2) is 9.59 Å². The molecule has 2 saturated carbocycles. The molecule has 2 N–H and O–H groups in total. The normalized spacial score (nSPS) is 31.8. The molecule has 7 atom stereocenters. The lowest BCUT2D eigenvalue weighted by atomic mass is 9.46. The molecule has 0 radical (unpaired) electrons. The van der Waals surface area contributed by atoms with Gasteiger partial charge in [0.05, 0.1) is 6.04 Å². The van der Waals surface area contributed by atoms with Gasteiger partial charge in [-0.1, -0.05) is 68.0 Å². The highest BCUT2D eigenvalue weighted by Gasteiger charge is 2.57. The number of hydroxylamine groups is 1. The number of aromatic nitrogens is 1. The third-order valence-corrected chi connectivity index (χ3v) is 11.0. The summed E-state index contributed by atoms with van der Waals surface area (Å²) in [4.78, 5) is 35.9. The summed E-state index contributed by atoms with van der Waals surface area (Å²) in [5.74, 6) is 1.50. The Hall–Kier alpha value is -3.45. The van der Waals surface area contributed by atoms with Crippen LogP contribution in [0.2, 0.25) is 0 Å². The number of ether oxygens (including phenoxy) is 1. The Balaban J connectivity index is 1.12. The Morgan fingerprint density at radius 3 is 2.48 bits per heavy atom. The van der Waals surface area contributed by atoms with Crippen molar-refractivity contribution in [1.29, 1.82) is 0 Å². The van der Waals surface area contributed by atoms with Crippen LogP contribution in [-0.2, 0) is 14.4 Å². The number of fused-ring (bicyclic) bond motifs is 5. The van der Waals surface area contributed by atoms with E-state index in [1.165, 1.54) is 36.0 Å². The van der Waals surface area contributed by atoms with Crippen LogP contribution in [0.15, 0.2) is 72.6 Å². The van der Waals surface area contributed by atoms with Crippen molar-refractivity contribution in [2.24, 2.45) is 28.6 Å². The highest BCUT2D eigenvalue weighted by Crippen LogP contribution is 2.66. The van der Waals surface area contributed by atoms with Crippen molar-refractivity contribution in [2.45, 2.75) is 97.2 Å². The first-order valence-corrected chi connectivity index (χ1v) is 16.3. The van der Waals surface area contributed by atoms with Gasteiger partial charge in [-0.05, 0) is 117 Å². The number of nitrogens with zero attached hydrogens (tertiary/aromatic N) is 1. The molecule has 1 amide bonds. The van der Waals surface area contributed by atoms with E-state index in [9.17, 15) is 9.59 Å². The molecular weight excluding hydrogens is 550 g/mol. The first-order valence-electron chi connectivity index (χ1n) is 16.3. The first kappa shape index (κ1) is 30.6. The molecule has 1 aromatic heterocycles. The Morgan fingerprint density at radius 1 is 0.977 bits per heavy atom. The lowest BCUT2D eigenvalue weighted by molar-refractivity contribution is -0.155. The fraction of sp³-hybridized carbons (Fsp3) is 0.541. The molecule has 0 aliphatic heterocycles. The maximum absolute atomic E-state index is 13.3. The predicted octanol–water partition coefficient (Wildman–Crippen LogP) is 7.72. The van der Waals surface area contributed by atoms with Crippen molar-refractivity contribution >= 4 is 17.6 Å². The molecule has 6 rings (SSSR count). The summed E-state index contributed by atoms with van der Waals surface area (Å²) in [6.45, 7) is 10.4. The number of carbonyl (C=O) groups excluding carboxylic acids is 2. The summed E-state index contributed by atoms with van der Waals surface area (Å²) >= 11 is 0. The molecule has 7 nitrogen and oxygen atoms in total. The molecule has 44 heavy (non-hydrogen) atoms. The molecule has 2 aromatic rings. The highest BCUT2D eigenvalue weighted by atomic mass is 16.7. The van der Waals surface area contributed by atoms with Gasteiger partial charge in [-0.2, -0.15) is 0 Å². The largest absolute Gasteiger partial charge is 0.444 e. The molecule has 0 bridgehead atoms. The molecule has 0 saturated heterocycles. The third kappa shape index (κ3) is 5.83. The second-order valence-corrected chi connectivity index (χ2v) is 14.8. The van der Waals surface area contributed by atoms with Crippen LogP contribution in [0, 0.1) is 28.6 Å². The average molecular weight is 598 g/mol. The molecule has 1 heterocycles. The van der Waals surface area contributed by atoms with Crippen LogP contribution >= 0.6 is 0 Å². The molecule has 4 aliphatic carbocycles. The summed E-state index contributed by atoms with van der Waals surface area (Å²) in [5, 5.41) is 2.70. The van der Waals surface area contributed by atoms with Crippen molar-refractivity contribution in [1.82, 2.24) is 15.8 Å². The topological polar surface area (TPSA) is 89.5 Å². The van der Waals surface area contributed by atoms with Gasteiger partial charge < -0.3 is 14.9 Å². The SMILES string of the molecule is CC(C)(C)OC(=O)NC(C(=O)ONC1C=C2CCC3C(CCC4(C)C(c5cccnc5)=CCC34)C2(C)CC1)c1ccccc1.